The highest BCUT2D eigenvalue weighted by Crippen LogP contribution is 2.15. The highest BCUT2D eigenvalue weighted by Gasteiger charge is 2.04. The number of rotatable bonds is 3. The molecule has 0 spiro atoms. The minimum absolute atomic E-state index is 0.0926. The van der Waals surface area contributed by atoms with Crippen molar-refractivity contribution in [1.82, 2.24) is 9.78 Å². The fourth-order valence-electron chi connectivity index (χ4n) is 1.30. The van der Waals surface area contributed by atoms with Crippen LogP contribution in [0.25, 0.3) is 6.08 Å². The molecule has 2 heterocycles. The van der Waals surface area contributed by atoms with E-state index in [9.17, 15) is 4.79 Å². The maximum atomic E-state index is 11.7. The van der Waals surface area contributed by atoms with Gasteiger partial charge in [0.1, 0.15) is 6.07 Å². The highest BCUT2D eigenvalue weighted by molar-refractivity contribution is 7.11. The van der Waals surface area contributed by atoms with Crippen molar-refractivity contribution in [2.45, 2.75) is 0 Å². The fraction of sp³-hybridized carbons (Fsp3) is 0.0833. The van der Waals surface area contributed by atoms with Crippen molar-refractivity contribution in [2.24, 2.45) is 7.05 Å². The zero-order chi connectivity index (χ0) is 12.3. The molecule has 2 aromatic heterocycles. The van der Waals surface area contributed by atoms with Crippen LogP contribution < -0.4 is 0 Å². The average Bonchev–Trinajstić information content (AvgIpc) is 2.94. The molecule has 0 atom stereocenters. The second-order valence-corrected chi connectivity index (χ2v) is 4.39. The second kappa shape index (κ2) is 4.76. The van der Waals surface area contributed by atoms with E-state index in [2.05, 4.69) is 5.10 Å². The number of hydrogen-bond acceptors (Lipinski definition) is 4. The Kier molecular flexibility index (Phi) is 3.17. The Balaban J connectivity index is 2.11. The van der Waals surface area contributed by atoms with Crippen molar-refractivity contribution in [1.29, 1.82) is 5.26 Å². The van der Waals surface area contributed by atoms with Crippen molar-refractivity contribution in [3.63, 3.8) is 0 Å². The van der Waals surface area contributed by atoms with E-state index in [1.54, 1.807) is 35.4 Å². The molecule has 0 saturated heterocycles. The van der Waals surface area contributed by atoms with Crippen LogP contribution in [0.1, 0.15) is 20.8 Å². The summed E-state index contributed by atoms with van der Waals surface area (Å²) in [4.78, 5) is 12.6. The van der Waals surface area contributed by atoms with Gasteiger partial charge in [-0.15, -0.1) is 11.3 Å². The molecule has 2 rings (SSSR count). The van der Waals surface area contributed by atoms with Gasteiger partial charge in [-0.25, -0.2) is 0 Å². The Bertz CT molecular complexity index is 616. The van der Waals surface area contributed by atoms with Gasteiger partial charge in [-0.05, 0) is 18.2 Å². The summed E-state index contributed by atoms with van der Waals surface area (Å²) in [6.07, 6.45) is 6.40. The number of aryl methyl sites for hydroxylation is 1. The Morgan fingerprint density at radius 2 is 2.47 bits per heavy atom. The van der Waals surface area contributed by atoms with E-state index in [-0.39, 0.29) is 5.78 Å². The van der Waals surface area contributed by atoms with E-state index in [1.165, 1.54) is 23.6 Å². The van der Waals surface area contributed by atoms with Gasteiger partial charge in [0.05, 0.1) is 17.3 Å². The van der Waals surface area contributed by atoms with Gasteiger partial charge in [-0.2, -0.15) is 10.4 Å². The lowest BCUT2D eigenvalue weighted by Crippen LogP contribution is -1.91. The molecular weight excluding hydrogens is 234 g/mol. The Hall–Kier alpha value is -2.19. The molecule has 0 N–H and O–H groups in total. The minimum Gasteiger partial charge on any atom is -0.289 e. The molecule has 4 nitrogen and oxygen atoms in total. The quantitative estimate of drug-likeness (QED) is 0.613. The van der Waals surface area contributed by atoms with Crippen LogP contribution in [-0.2, 0) is 7.05 Å². The van der Waals surface area contributed by atoms with Crippen LogP contribution in [0.5, 0.6) is 0 Å². The van der Waals surface area contributed by atoms with Crippen LogP contribution in [-0.4, -0.2) is 15.6 Å². The molecule has 0 amide bonds. The summed E-state index contributed by atoms with van der Waals surface area (Å²) in [5.41, 5.74) is 1.17. The predicted octanol–water partition coefficient (Wildman–Crippen LogP) is 2.25. The van der Waals surface area contributed by atoms with Crippen molar-refractivity contribution in [3.05, 3.63) is 45.9 Å². The van der Waals surface area contributed by atoms with Gasteiger partial charge >= 0.3 is 0 Å². The normalized spacial score (nSPS) is 10.6. The topological polar surface area (TPSA) is 58.7 Å². The van der Waals surface area contributed by atoms with Crippen LogP contribution >= 0.6 is 11.3 Å². The molecule has 84 valence electrons. The number of carbonyl (C=O) groups excluding carboxylic acids is 1. The Labute approximate surface area is 102 Å². The maximum Gasteiger partial charge on any atom is 0.189 e. The van der Waals surface area contributed by atoms with Crippen LogP contribution in [0.2, 0.25) is 0 Å². The molecule has 0 aliphatic heterocycles. The summed E-state index contributed by atoms with van der Waals surface area (Å²) in [7, 11) is 1.76. The minimum atomic E-state index is -0.0926. The first-order valence-corrected chi connectivity index (χ1v) is 5.76. The zero-order valence-corrected chi connectivity index (χ0v) is 9.94. The third kappa shape index (κ3) is 2.68. The first kappa shape index (κ1) is 11.3. The number of hydrogen-bond donors (Lipinski definition) is 0. The van der Waals surface area contributed by atoms with E-state index in [4.69, 9.17) is 5.26 Å². The van der Waals surface area contributed by atoms with Crippen molar-refractivity contribution < 1.29 is 4.79 Å². The molecule has 0 aliphatic carbocycles. The SMILES string of the molecule is Cn1cc(C(=O)/C=C/c2cc(C#N)cs2)cn1. The molecule has 0 aliphatic rings. The van der Waals surface area contributed by atoms with Gasteiger partial charge in [-0.3, -0.25) is 9.48 Å². The van der Waals surface area contributed by atoms with Crippen LogP contribution in [0.3, 0.4) is 0 Å². The number of nitrogens with zero attached hydrogens (tertiary/aromatic N) is 3. The van der Waals surface area contributed by atoms with Crippen molar-refractivity contribution in [3.8, 4) is 6.07 Å². The van der Waals surface area contributed by atoms with Gasteiger partial charge in [0.15, 0.2) is 5.78 Å². The lowest BCUT2D eigenvalue weighted by atomic mass is 10.2. The Morgan fingerprint density at radius 1 is 1.65 bits per heavy atom. The molecule has 5 heteroatoms. The second-order valence-electron chi connectivity index (χ2n) is 3.45. The molecular formula is C12H9N3OS. The lowest BCUT2D eigenvalue weighted by Gasteiger charge is -1.87. The third-order valence-corrected chi connectivity index (χ3v) is 3.04. The van der Waals surface area contributed by atoms with E-state index >= 15 is 0 Å². The molecule has 0 radical (unpaired) electrons. The molecule has 0 bridgehead atoms. The van der Waals surface area contributed by atoms with E-state index < -0.39 is 0 Å². The number of allylic oxidation sites excluding steroid dienone is 1. The van der Waals surface area contributed by atoms with Gasteiger partial charge in [0.2, 0.25) is 0 Å². The lowest BCUT2D eigenvalue weighted by molar-refractivity contribution is 0.104. The summed E-state index contributed by atoms with van der Waals surface area (Å²) in [5, 5.41) is 14.4. The number of ketones is 1. The van der Waals surface area contributed by atoms with Crippen LogP contribution in [0.15, 0.2) is 29.9 Å². The fourth-order valence-corrected chi connectivity index (χ4v) is 2.03. The molecule has 2 aromatic rings. The summed E-state index contributed by atoms with van der Waals surface area (Å²) in [6, 6.07) is 3.80. The number of thiophene rings is 1. The number of nitriles is 1. The summed E-state index contributed by atoms with van der Waals surface area (Å²) >= 11 is 1.43. The molecule has 0 aromatic carbocycles. The van der Waals surface area contributed by atoms with E-state index in [0.29, 0.717) is 11.1 Å². The van der Waals surface area contributed by atoms with Gasteiger partial charge < -0.3 is 0 Å². The monoisotopic (exact) mass is 243 g/mol. The van der Waals surface area contributed by atoms with E-state index in [1.807, 2.05) is 6.07 Å². The first-order chi connectivity index (χ1) is 8.19. The van der Waals surface area contributed by atoms with Gasteiger partial charge in [0, 0.05) is 23.5 Å². The standard InChI is InChI=1S/C12H9N3OS/c1-15-7-10(6-14-15)12(16)3-2-11-4-9(5-13)8-17-11/h2-4,6-8H,1H3/b3-2+. The molecule has 0 fully saturated rings. The van der Waals surface area contributed by atoms with Crippen molar-refractivity contribution >= 4 is 23.2 Å². The summed E-state index contributed by atoms with van der Waals surface area (Å²) in [5.74, 6) is -0.0926. The summed E-state index contributed by atoms with van der Waals surface area (Å²) in [6.45, 7) is 0. The molecule has 0 unspecified atom stereocenters. The van der Waals surface area contributed by atoms with Crippen LogP contribution in [0, 0.1) is 11.3 Å². The first-order valence-electron chi connectivity index (χ1n) is 4.89. The summed E-state index contributed by atoms with van der Waals surface area (Å²) < 4.78 is 1.58. The maximum absolute atomic E-state index is 11.7. The largest absolute Gasteiger partial charge is 0.289 e. The average molecular weight is 243 g/mol. The highest BCUT2D eigenvalue weighted by atomic mass is 32.1. The number of aromatic nitrogens is 2. The number of carbonyl (C=O) groups is 1. The molecule has 17 heavy (non-hydrogen) atoms. The zero-order valence-electron chi connectivity index (χ0n) is 9.12. The van der Waals surface area contributed by atoms with Gasteiger partial charge in [0.25, 0.3) is 0 Å². The predicted molar refractivity (Wildman–Crippen MR) is 65.6 cm³/mol. The van der Waals surface area contributed by atoms with E-state index in [0.717, 1.165) is 4.88 Å². The molecule has 0 saturated carbocycles. The van der Waals surface area contributed by atoms with Gasteiger partial charge in [-0.1, -0.05) is 0 Å². The van der Waals surface area contributed by atoms with Crippen molar-refractivity contribution in [2.75, 3.05) is 0 Å². The van der Waals surface area contributed by atoms with Crippen LogP contribution in [0.4, 0.5) is 0 Å². The smallest absolute Gasteiger partial charge is 0.189 e. The third-order valence-electron chi connectivity index (χ3n) is 2.14. The Morgan fingerprint density at radius 3 is 3.06 bits per heavy atom.